The first-order valence-electron chi connectivity index (χ1n) is 5.01. The second kappa shape index (κ2) is 6.30. The van der Waals surface area contributed by atoms with Crippen LogP contribution in [0.5, 0.6) is 0 Å². The molecule has 17 heavy (non-hydrogen) atoms. The number of nitrogens with zero attached hydrogens (tertiary/aromatic N) is 1. The Morgan fingerprint density at radius 1 is 1.53 bits per heavy atom. The van der Waals surface area contributed by atoms with E-state index in [9.17, 15) is 9.18 Å². The lowest BCUT2D eigenvalue weighted by atomic mass is 10.1. The molecule has 0 radical (unpaired) electrons. The maximum Gasteiger partial charge on any atom is 0.317 e. The van der Waals surface area contributed by atoms with Gasteiger partial charge in [-0.05, 0) is 25.1 Å². The molecule has 0 saturated carbocycles. The van der Waals surface area contributed by atoms with Crippen LogP contribution >= 0.6 is 0 Å². The van der Waals surface area contributed by atoms with Crippen LogP contribution in [0, 0.1) is 29.0 Å². The minimum absolute atomic E-state index is 0.0269. The molecule has 0 amide bonds. The molecule has 0 aliphatic carbocycles. The smallest absolute Gasteiger partial charge is 0.317 e. The fourth-order valence-electron chi connectivity index (χ4n) is 1.11. The molecule has 0 aromatic heterocycles. The summed E-state index contributed by atoms with van der Waals surface area (Å²) in [5.74, 6) is 4.18. The number of benzene rings is 1. The third kappa shape index (κ3) is 3.96. The van der Waals surface area contributed by atoms with Gasteiger partial charge in [-0.15, -0.1) is 0 Å². The Balaban J connectivity index is 2.70. The topological polar surface area (TPSA) is 50.1 Å². The third-order valence-corrected chi connectivity index (χ3v) is 1.86. The van der Waals surface area contributed by atoms with Gasteiger partial charge in [0.2, 0.25) is 0 Å². The number of esters is 1. The van der Waals surface area contributed by atoms with E-state index in [-0.39, 0.29) is 12.0 Å². The minimum Gasteiger partial charge on any atom is -0.465 e. The van der Waals surface area contributed by atoms with Gasteiger partial charge in [-0.3, -0.25) is 4.79 Å². The zero-order valence-corrected chi connectivity index (χ0v) is 9.29. The van der Waals surface area contributed by atoms with Crippen molar-refractivity contribution >= 4 is 5.97 Å². The van der Waals surface area contributed by atoms with E-state index in [0.29, 0.717) is 12.2 Å². The fraction of sp³-hybridized carbons (Fsp3) is 0.231. The van der Waals surface area contributed by atoms with Crippen molar-refractivity contribution in [2.75, 3.05) is 6.61 Å². The van der Waals surface area contributed by atoms with Crippen LogP contribution in [0.2, 0.25) is 0 Å². The molecule has 1 aromatic carbocycles. The number of halogens is 1. The lowest BCUT2D eigenvalue weighted by Crippen LogP contribution is -2.01. The quantitative estimate of drug-likeness (QED) is 0.577. The molecule has 0 heterocycles. The molecule has 1 aromatic rings. The number of nitriles is 1. The van der Waals surface area contributed by atoms with Crippen LogP contribution in [0.1, 0.15) is 24.5 Å². The van der Waals surface area contributed by atoms with Gasteiger partial charge >= 0.3 is 5.97 Å². The zero-order chi connectivity index (χ0) is 12.7. The molecule has 0 fully saturated rings. The molecule has 86 valence electrons. The van der Waals surface area contributed by atoms with Crippen LogP contribution in [0.4, 0.5) is 4.39 Å². The molecule has 1 rings (SSSR count). The molecule has 0 bridgehead atoms. The van der Waals surface area contributed by atoms with Crippen molar-refractivity contribution in [3.63, 3.8) is 0 Å². The first-order chi connectivity index (χ1) is 8.17. The Morgan fingerprint density at radius 2 is 2.29 bits per heavy atom. The number of hydrogen-bond acceptors (Lipinski definition) is 3. The highest BCUT2D eigenvalue weighted by Gasteiger charge is 2.01. The molecule has 0 aliphatic rings. The maximum absolute atomic E-state index is 13.2. The van der Waals surface area contributed by atoms with Crippen LogP contribution in [0.25, 0.3) is 0 Å². The second-order valence-electron chi connectivity index (χ2n) is 3.09. The number of carbonyl (C=O) groups is 1. The van der Waals surface area contributed by atoms with Gasteiger partial charge in [-0.2, -0.15) is 5.26 Å². The lowest BCUT2D eigenvalue weighted by molar-refractivity contribution is -0.141. The largest absolute Gasteiger partial charge is 0.465 e. The van der Waals surface area contributed by atoms with E-state index in [0.717, 1.165) is 6.07 Å². The van der Waals surface area contributed by atoms with Crippen molar-refractivity contribution < 1.29 is 13.9 Å². The molecule has 4 heteroatoms. The van der Waals surface area contributed by atoms with Crippen molar-refractivity contribution in [3.8, 4) is 17.9 Å². The Hall–Kier alpha value is -2.33. The standard InChI is InChI=1S/C13H10FNO2/c1-2-17-13(16)5-3-4-10-6-7-11(9-15)12(14)8-10/h6-8H,2,5H2,1H3. The molecule has 0 saturated heterocycles. The van der Waals surface area contributed by atoms with Gasteiger partial charge in [0.1, 0.15) is 18.3 Å². The molecule has 0 spiro atoms. The Labute approximate surface area is 98.8 Å². The highest BCUT2D eigenvalue weighted by Crippen LogP contribution is 2.08. The van der Waals surface area contributed by atoms with Gasteiger partial charge in [0.05, 0.1) is 12.2 Å². The van der Waals surface area contributed by atoms with Gasteiger partial charge in [-0.25, -0.2) is 4.39 Å². The summed E-state index contributed by atoms with van der Waals surface area (Å²) in [7, 11) is 0. The molecule has 0 atom stereocenters. The van der Waals surface area contributed by atoms with Crippen molar-refractivity contribution in [2.45, 2.75) is 13.3 Å². The number of ether oxygens (including phenoxy) is 1. The number of rotatable bonds is 2. The van der Waals surface area contributed by atoms with E-state index >= 15 is 0 Å². The normalized spacial score (nSPS) is 8.76. The molecule has 0 aliphatic heterocycles. The first-order valence-corrected chi connectivity index (χ1v) is 5.01. The van der Waals surface area contributed by atoms with E-state index in [2.05, 4.69) is 16.6 Å². The predicted octanol–water partition coefficient (Wildman–Crippen LogP) is 2.00. The Bertz CT molecular complexity index is 520. The molecular formula is C13H10FNO2. The predicted molar refractivity (Wildman–Crippen MR) is 59.2 cm³/mol. The zero-order valence-electron chi connectivity index (χ0n) is 9.29. The average molecular weight is 231 g/mol. The lowest BCUT2D eigenvalue weighted by Gasteiger charge is -1.95. The third-order valence-electron chi connectivity index (χ3n) is 1.86. The summed E-state index contributed by atoms with van der Waals surface area (Å²) in [5.41, 5.74) is 0.395. The van der Waals surface area contributed by atoms with Gasteiger partial charge in [0, 0.05) is 5.56 Å². The number of hydrogen-bond donors (Lipinski definition) is 0. The van der Waals surface area contributed by atoms with Gasteiger partial charge in [0.25, 0.3) is 0 Å². The highest BCUT2D eigenvalue weighted by atomic mass is 19.1. The average Bonchev–Trinajstić information content (AvgIpc) is 2.29. The summed E-state index contributed by atoms with van der Waals surface area (Å²) in [5, 5.41) is 8.53. The van der Waals surface area contributed by atoms with Crippen LogP contribution in [0.3, 0.4) is 0 Å². The fourth-order valence-corrected chi connectivity index (χ4v) is 1.11. The van der Waals surface area contributed by atoms with E-state index in [4.69, 9.17) is 5.26 Å². The van der Waals surface area contributed by atoms with Gasteiger partial charge in [-0.1, -0.05) is 11.8 Å². The van der Waals surface area contributed by atoms with Crippen molar-refractivity contribution in [1.82, 2.24) is 0 Å². The Kier molecular flexibility index (Phi) is 4.72. The van der Waals surface area contributed by atoms with Crippen molar-refractivity contribution in [1.29, 1.82) is 5.26 Å². The molecule has 0 unspecified atom stereocenters. The maximum atomic E-state index is 13.2. The molecule has 3 nitrogen and oxygen atoms in total. The van der Waals surface area contributed by atoms with E-state index in [1.807, 2.05) is 0 Å². The SMILES string of the molecule is CCOC(=O)CC#Cc1ccc(C#N)c(F)c1. The van der Waals surface area contributed by atoms with Crippen LogP contribution < -0.4 is 0 Å². The van der Waals surface area contributed by atoms with Crippen molar-refractivity contribution in [3.05, 3.63) is 35.1 Å². The summed E-state index contributed by atoms with van der Waals surface area (Å²) in [6.07, 6.45) is -0.0323. The van der Waals surface area contributed by atoms with Crippen LogP contribution in [0.15, 0.2) is 18.2 Å². The molecular weight excluding hydrogens is 221 g/mol. The summed E-state index contributed by atoms with van der Waals surface area (Å²) in [4.78, 5) is 11.0. The minimum atomic E-state index is -0.615. The summed E-state index contributed by atoms with van der Waals surface area (Å²) < 4.78 is 17.9. The first kappa shape index (κ1) is 12.7. The molecule has 0 N–H and O–H groups in total. The highest BCUT2D eigenvalue weighted by molar-refractivity contribution is 5.72. The van der Waals surface area contributed by atoms with E-state index in [1.165, 1.54) is 12.1 Å². The van der Waals surface area contributed by atoms with Gasteiger partial charge < -0.3 is 4.74 Å². The van der Waals surface area contributed by atoms with E-state index in [1.54, 1.807) is 13.0 Å². The monoisotopic (exact) mass is 231 g/mol. The van der Waals surface area contributed by atoms with Crippen molar-refractivity contribution in [2.24, 2.45) is 0 Å². The van der Waals surface area contributed by atoms with Gasteiger partial charge in [0.15, 0.2) is 0 Å². The summed E-state index contributed by atoms with van der Waals surface area (Å²) in [6, 6.07) is 5.76. The van der Waals surface area contributed by atoms with Crippen LogP contribution in [-0.4, -0.2) is 12.6 Å². The second-order valence-corrected chi connectivity index (χ2v) is 3.09. The summed E-state index contributed by atoms with van der Waals surface area (Å²) >= 11 is 0. The van der Waals surface area contributed by atoms with Crippen LogP contribution in [-0.2, 0) is 9.53 Å². The Morgan fingerprint density at radius 3 is 2.88 bits per heavy atom. The number of carbonyl (C=O) groups excluding carboxylic acids is 1. The van der Waals surface area contributed by atoms with E-state index < -0.39 is 11.8 Å². The summed E-state index contributed by atoms with van der Waals surface area (Å²) in [6.45, 7) is 2.02.